The van der Waals surface area contributed by atoms with E-state index in [1.807, 2.05) is 55.5 Å². The van der Waals surface area contributed by atoms with E-state index in [-0.39, 0.29) is 0 Å². The van der Waals surface area contributed by atoms with Crippen molar-refractivity contribution in [3.8, 4) is 11.5 Å². The Labute approximate surface area is 115 Å². The summed E-state index contributed by atoms with van der Waals surface area (Å²) in [7, 11) is 3.26. The van der Waals surface area contributed by atoms with Crippen molar-refractivity contribution in [2.24, 2.45) is 0 Å². The molecule has 0 N–H and O–H groups in total. The van der Waals surface area contributed by atoms with Gasteiger partial charge in [0.25, 0.3) is 0 Å². The van der Waals surface area contributed by atoms with Crippen molar-refractivity contribution >= 4 is 6.08 Å². The topological polar surface area (TPSA) is 18.5 Å². The Balaban J connectivity index is 2.98. The highest BCUT2D eigenvalue weighted by Crippen LogP contribution is 2.28. The maximum atomic E-state index is 5.28. The number of rotatable bonds is 6. The molecule has 0 atom stereocenters. The van der Waals surface area contributed by atoms with E-state index in [9.17, 15) is 0 Å². The first-order valence-corrected chi connectivity index (χ1v) is 6.10. The fourth-order valence-corrected chi connectivity index (χ4v) is 1.64. The first-order chi connectivity index (χ1) is 9.24. The molecular weight excluding hydrogens is 236 g/mol. The Morgan fingerprint density at radius 1 is 1.11 bits per heavy atom. The summed E-state index contributed by atoms with van der Waals surface area (Å²) in [6.07, 6.45) is 11.8. The lowest BCUT2D eigenvalue weighted by Crippen LogP contribution is -1.90. The van der Waals surface area contributed by atoms with Gasteiger partial charge in [-0.05, 0) is 30.2 Å². The van der Waals surface area contributed by atoms with Crippen LogP contribution in [0.4, 0.5) is 0 Å². The van der Waals surface area contributed by atoms with E-state index in [1.54, 1.807) is 20.3 Å². The summed E-state index contributed by atoms with van der Waals surface area (Å²) in [5.74, 6) is 1.46. The third-order valence-corrected chi connectivity index (χ3v) is 2.55. The summed E-state index contributed by atoms with van der Waals surface area (Å²) in [5, 5.41) is 0. The Hall–Kier alpha value is -2.22. The predicted molar refractivity (Wildman–Crippen MR) is 81.7 cm³/mol. The molecule has 0 aliphatic carbocycles. The summed E-state index contributed by atoms with van der Waals surface area (Å²) < 4.78 is 10.5. The molecule has 0 radical (unpaired) electrons. The maximum Gasteiger partial charge on any atom is 0.161 e. The van der Waals surface area contributed by atoms with E-state index in [2.05, 4.69) is 6.58 Å². The number of benzene rings is 1. The molecule has 2 nitrogen and oxygen atoms in total. The van der Waals surface area contributed by atoms with Crippen LogP contribution in [-0.4, -0.2) is 14.2 Å². The van der Waals surface area contributed by atoms with Crippen molar-refractivity contribution in [3.63, 3.8) is 0 Å². The second-order valence-electron chi connectivity index (χ2n) is 3.85. The van der Waals surface area contributed by atoms with Crippen LogP contribution in [0.5, 0.6) is 11.5 Å². The molecule has 0 saturated heterocycles. The van der Waals surface area contributed by atoms with E-state index >= 15 is 0 Å². The third-order valence-electron chi connectivity index (χ3n) is 2.55. The van der Waals surface area contributed by atoms with E-state index in [0.717, 1.165) is 22.6 Å². The molecule has 1 aromatic rings. The molecule has 1 rings (SSSR count). The third kappa shape index (κ3) is 4.51. The lowest BCUT2D eigenvalue weighted by molar-refractivity contribution is 0.355. The van der Waals surface area contributed by atoms with Gasteiger partial charge in [-0.2, -0.15) is 0 Å². The van der Waals surface area contributed by atoms with Crippen molar-refractivity contribution in [2.45, 2.75) is 6.92 Å². The van der Waals surface area contributed by atoms with Gasteiger partial charge in [0.05, 0.1) is 14.2 Å². The van der Waals surface area contributed by atoms with Crippen LogP contribution >= 0.6 is 0 Å². The molecule has 0 spiro atoms. The summed E-state index contributed by atoms with van der Waals surface area (Å²) in [4.78, 5) is 0. The zero-order valence-corrected chi connectivity index (χ0v) is 11.7. The molecule has 0 aliphatic rings. The van der Waals surface area contributed by atoms with Gasteiger partial charge in [0.2, 0.25) is 0 Å². The molecule has 0 heterocycles. The van der Waals surface area contributed by atoms with Gasteiger partial charge in [-0.3, -0.25) is 0 Å². The SMILES string of the molecule is C=C/C=C(\C=C/C)/C=C/c1ccc(OC)c(OC)c1. The zero-order chi connectivity index (χ0) is 14.1. The van der Waals surface area contributed by atoms with Crippen LogP contribution in [0.1, 0.15) is 12.5 Å². The second-order valence-corrected chi connectivity index (χ2v) is 3.85. The molecule has 0 amide bonds. The summed E-state index contributed by atoms with van der Waals surface area (Å²) in [5.41, 5.74) is 2.14. The van der Waals surface area contributed by atoms with Crippen LogP contribution in [0.25, 0.3) is 6.08 Å². The van der Waals surface area contributed by atoms with Crippen molar-refractivity contribution in [1.29, 1.82) is 0 Å². The summed E-state index contributed by atoms with van der Waals surface area (Å²) >= 11 is 0. The molecule has 100 valence electrons. The van der Waals surface area contributed by atoms with Crippen LogP contribution in [0.3, 0.4) is 0 Å². The number of allylic oxidation sites excluding steroid dienone is 6. The Morgan fingerprint density at radius 2 is 1.84 bits per heavy atom. The van der Waals surface area contributed by atoms with Gasteiger partial charge in [0.1, 0.15) is 0 Å². The normalized spacial score (nSPS) is 12.1. The van der Waals surface area contributed by atoms with Gasteiger partial charge < -0.3 is 9.47 Å². The minimum atomic E-state index is 0.727. The predicted octanol–water partition coefficient (Wildman–Crippen LogP) is 4.41. The monoisotopic (exact) mass is 256 g/mol. The molecule has 0 aromatic heterocycles. The first-order valence-electron chi connectivity index (χ1n) is 6.10. The van der Waals surface area contributed by atoms with Gasteiger partial charge in [-0.15, -0.1) is 0 Å². The van der Waals surface area contributed by atoms with Crippen molar-refractivity contribution in [1.82, 2.24) is 0 Å². The number of methoxy groups -OCH3 is 2. The summed E-state index contributed by atoms with van der Waals surface area (Å²) in [6.45, 7) is 5.69. The molecule has 2 heteroatoms. The number of hydrogen-bond acceptors (Lipinski definition) is 2. The molecule has 0 unspecified atom stereocenters. The highest BCUT2D eigenvalue weighted by atomic mass is 16.5. The van der Waals surface area contributed by atoms with Crippen molar-refractivity contribution < 1.29 is 9.47 Å². The minimum Gasteiger partial charge on any atom is -0.493 e. The standard InChI is InChI=1S/C17H20O2/c1-5-7-14(8-6-2)9-10-15-11-12-16(18-3)17(13-15)19-4/h5-13H,1H2,2-4H3/b8-6-,10-9+,14-7+. The van der Waals surface area contributed by atoms with Crippen LogP contribution in [0.2, 0.25) is 0 Å². The lowest BCUT2D eigenvalue weighted by Gasteiger charge is -2.07. The van der Waals surface area contributed by atoms with E-state index in [4.69, 9.17) is 9.47 Å². The Bertz CT molecular complexity index is 508. The van der Waals surface area contributed by atoms with E-state index in [1.165, 1.54) is 0 Å². The Kier molecular flexibility index (Phi) is 6.23. The second kappa shape index (κ2) is 7.98. The van der Waals surface area contributed by atoms with E-state index < -0.39 is 0 Å². The van der Waals surface area contributed by atoms with Crippen molar-refractivity contribution in [2.75, 3.05) is 14.2 Å². The van der Waals surface area contributed by atoms with Crippen LogP contribution < -0.4 is 9.47 Å². The largest absolute Gasteiger partial charge is 0.493 e. The van der Waals surface area contributed by atoms with Crippen molar-refractivity contribution in [3.05, 3.63) is 66.3 Å². The molecule has 0 fully saturated rings. The first kappa shape index (κ1) is 14.8. The average molecular weight is 256 g/mol. The smallest absolute Gasteiger partial charge is 0.161 e. The fourth-order valence-electron chi connectivity index (χ4n) is 1.64. The molecule has 0 saturated carbocycles. The quantitative estimate of drug-likeness (QED) is 0.702. The van der Waals surface area contributed by atoms with Gasteiger partial charge >= 0.3 is 0 Å². The van der Waals surface area contributed by atoms with Crippen LogP contribution in [0, 0.1) is 0 Å². The van der Waals surface area contributed by atoms with Gasteiger partial charge in [0.15, 0.2) is 11.5 Å². The number of hydrogen-bond donors (Lipinski definition) is 0. The average Bonchev–Trinajstić information content (AvgIpc) is 2.44. The number of ether oxygens (including phenoxy) is 2. The Morgan fingerprint density at radius 3 is 2.42 bits per heavy atom. The van der Waals surface area contributed by atoms with Crippen LogP contribution in [-0.2, 0) is 0 Å². The van der Waals surface area contributed by atoms with Crippen LogP contribution in [0.15, 0.2) is 60.7 Å². The van der Waals surface area contributed by atoms with Gasteiger partial charge in [0, 0.05) is 0 Å². The molecule has 0 aliphatic heterocycles. The van der Waals surface area contributed by atoms with Gasteiger partial charge in [-0.1, -0.05) is 49.1 Å². The molecule has 0 bridgehead atoms. The van der Waals surface area contributed by atoms with Gasteiger partial charge in [-0.25, -0.2) is 0 Å². The lowest BCUT2D eigenvalue weighted by atomic mass is 10.1. The summed E-state index contributed by atoms with van der Waals surface area (Å²) in [6, 6.07) is 5.82. The highest BCUT2D eigenvalue weighted by Gasteiger charge is 2.02. The van der Waals surface area contributed by atoms with E-state index in [0.29, 0.717) is 0 Å². The molecule has 19 heavy (non-hydrogen) atoms. The minimum absolute atomic E-state index is 0.727. The highest BCUT2D eigenvalue weighted by molar-refractivity contribution is 5.59. The molecule has 1 aromatic carbocycles. The molecular formula is C17H20O2. The zero-order valence-electron chi connectivity index (χ0n) is 11.7. The fraction of sp³-hybridized carbons (Fsp3) is 0.176. The maximum absolute atomic E-state index is 5.28.